The van der Waals surface area contributed by atoms with Gasteiger partial charge in [-0.2, -0.15) is 0 Å². The number of hydrogen-bond donors (Lipinski definition) is 0. The fourth-order valence-corrected chi connectivity index (χ4v) is 2.50. The number of nitrogens with zero attached hydrogens (tertiary/aromatic N) is 2. The van der Waals surface area contributed by atoms with Gasteiger partial charge in [0.1, 0.15) is 10.0 Å². The van der Waals surface area contributed by atoms with Gasteiger partial charge >= 0.3 is 0 Å². The summed E-state index contributed by atoms with van der Waals surface area (Å²) < 4.78 is 0. The Kier molecular flexibility index (Phi) is 4.31. The second kappa shape index (κ2) is 5.97. The highest BCUT2D eigenvalue weighted by molar-refractivity contribution is 7.11. The number of aromatic nitrogens is 2. The molecule has 0 spiro atoms. The van der Waals surface area contributed by atoms with Crippen LogP contribution in [0.25, 0.3) is 0 Å². The van der Waals surface area contributed by atoms with Gasteiger partial charge in [-0.05, 0) is 12.0 Å². The number of benzene rings is 1. The van der Waals surface area contributed by atoms with Crippen molar-refractivity contribution in [1.29, 1.82) is 0 Å². The van der Waals surface area contributed by atoms with E-state index in [1.165, 1.54) is 5.56 Å². The summed E-state index contributed by atoms with van der Waals surface area (Å²) >= 11 is 7.33. The van der Waals surface area contributed by atoms with E-state index in [2.05, 4.69) is 22.3 Å². The van der Waals surface area contributed by atoms with E-state index in [-0.39, 0.29) is 0 Å². The molecule has 0 unspecified atom stereocenters. The van der Waals surface area contributed by atoms with E-state index < -0.39 is 0 Å². The molecule has 0 saturated carbocycles. The highest BCUT2D eigenvalue weighted by Crippen LogP contribution is 2.15. The predicted molar refractivity (Wildman–Crippen MR) is 68.2 cm³/mol. The third-order valence-electron chi connectivity index (χ3n) is 2.23. The molecule has 0 N–H and O–H groups in total. The van der Waals surface area contributed by atoms with Crippen molar-refractivity contribution in [1.82, 2.24) is 10.2 Å². The lowest BCUT2D eigenvalue weighted by molar-refractivity contribution is 0.874. The fourth-order valence-electron chi connectivity index (χ4n) is 1.45. The van der Waals surface area contributed by atoms with Gasteiger partial charge in [-0.15, -0.1) is 33.1 Å². The van der Waals surface area contributed by atoms with Crippen LogP contribution in [0.1, 0.15) is 22.0 Å². The molecule has 16 heavy (non-hydrogen) atoms. The Morgan fingerprint density at radius 3 is 2.56 bits per heavy atom. The minimum Gasteiger partial charge on any atom is -0.144 e. The standard InChI is InChI=1S/C12H13ClN2S/c13-8-4-7-11-14-15-12(16-11)9-10-5-2-1-3-6-10/h1-3,5-6H,4,7-9H2. The summed E-state index contributed by atoms with van der Waals surface area (Å²) in [6.07, 6.45) is 2.79. The lowest BCUT2D eigenvalue weighted by atomic mass is 10.2. The largest absolute Gasteiger partial charge is 0.144 e. The summed E-state index contributed by atoms with van der Waals surface area (Å²) in [6.45, 7) is 0. The van der Waals surface area contributed by atoms with Gasteiger partial charge in [0.25, 0.3) is 0 Å². The monoisotopic (exact) mass is 252 g/mol. The van der Waals surface area contributed by atoms with Crippen LogP contribution in [0.3, 0.4) is 0 Å². The minimum atomic E-state index is 0.688. The van der Waals surface area contributed by atoms with Crippen molar-refractivity contribution in [2.75, 3.05) is 5.88 Å². The Morgan fingerprint density at radius 1 is 1.06 bits per heavy atom. The van der Waals surface area contributed by atoms with Gasteiger partial charge in [0.2, 0.25) is 0 Å². The molecule has 0 fully saturated rings. The van der Waals surface area contributed by atoms with Crippen molar-refractivity contribution >= 4 is 22.9 Å². The van der Waals surface area contributed by atoms with E-state index >= 15 is 0 Å². The molecule has 84 valence electrons. The van der Waals surface area contributed by atoms with Crippen LogP contribution >= 0.6 is 22.9 Å². The molecule has 0 aliphatic heterocycles. The minimum absolute atomic E-state index is 0.688. The second-order valence-electron chi connectivity index (χ2n) is 3.54. The van der Waals surface area contributed by atoms with Gasteiger partial charge in [0.05, 0.1) is 0 Å². The Morgan fingerprint density at radius 2 is 1.81 bits per heavy atom. The summed E-state index contributed by atoms with van der Waals surface area (Å²) in [5.74, 6) is 0.688. The van der Waals surface area contributed by atoms with E-state index in [0.717, 1.165) is 29.3 Å². The normalized spacial score (nSPS) is 10.6. The molecule has 2 rings (SSSR count). The molecule has 0 radical (unpaired) electrons. The maximum atomic E-state index is 5.64. The lowest BCUT2D eigenvalue weighted by Crippen LogP contribution is -1.86. The van der Waals surface area contributed by atoms with Crippen LogP contribution in [-0.4, -0.2) is 16.1 Å². The van der Waals surface area contributed by atoms with Crippen molar-refractivity contribution in [3.05, 3.63) is 45.9 Å². The average molecular weight is 253 g/mol. The third-order valence-corrected chi connectivity index (χ3v) is 3.48. The van der Waals surface area contributed by atoms with Gasteiger partial charge in [0.15, 0.2) is 0 Å². The zero-order valence-corrected chi connectivity index (χ0v) is 10.5. The summed E-state index contributed by atoms with van der Waals surface area (Å²) in [7, 11) is 0. The first-order chi connectivity index (χ1) is 7.88. The van der Waals surface area contributed by atoms with Crippen LogP contribution in [0.2, 0.25) is 0 Å². The molecule has 1 heterocycles. The molecule has 0 amide bonds. The Balaban J connectivity index is 1.97. The van der Waals surface area contributed by atoms with E-state index in [0.29, 0.717) is 5.88 Å². The highest BCUT2D eigenvalue weighted by atomic mass is 35.5. The Labute approximate surface area is 104 Å². The van der Waals surface area contributed by atoms with Crippen LogP contribution in [0.15, 0.2) is 30.3 Å². The maximum absolute atomic E-state index is 5.64. The number of rotatable bonds is 5. The summed E-state index contributed by atoms with van der Waals surface area (Å²) in [6, 6.07) is 10.3. The molecule has 0 aliphatic carbocycles. The Hall–Kier alpha value is -0.930. The first-order valence-corrected chi connectivity index (χ1v) is 6.65. The molecular formula is C12H13ClN2S. The Bertz CT molecular complexity index is 428. The second-order valence-corrected chi connectivity index (χ2v) is 5.07. The zero-order valence-electron chi connectivity index (χ0n) is 8.90. The van der Waals surface area contributed by atoms with Crippen LogP contribution in [0, 0.1) is 0 Å². The van der Waals surface area contributed by atoms with Gasteiger partial charge in [-0.1, -0.05) is 30.3 Å². The first-order valence-electron chi connectivity index (χ1n) is 5.29. The SMILES string of the molecule is ClCCCc1nnc(Cc2ccccc2)s1. The fraction of sp³-hybridized carbons (Fsp3) is 0.333. The molecule has 4 heteroatoms. The average Bonchev–Trinajstić information content (AvgIpc) is 2.75. The van der Waals surface area contributed by atoms with Gasteiger partial charge in [-0.3, -0.25) is 0 Å². The van der Waals surface area contributed by atoms with E-state index in [1.807, 2.05) is 18.2 Å². The highest BCUT2D eigenvalue weighted by Gasteiger charge is 2.04. The molecule has 0 bridgehead atoms. The molecular weight excluding hydrogens is 240 g/mol. The molecule has 0 saturated heterocycles. The first kappa shape index (κ1) is 11.6. The summed E-state index contributed by atoms with van der Waals surface area (Å²) in [4.78, 5) is 0. The van der Waals surface area contributed by atoms with Crippen LogP contribution in [-0.2, 0) is 12.8 Å². The van der Waals surface area contributed by atoms with E-state index in [4.69, 9.17) is 11.6 Å². The smallest absolute Gasteiger partial charge is 0.121 e. The number of halogens is 1. The molecule has 2 aromatic rings. The quantitative estimate of drug-likeness (QED) is 0.763. The molecule has 0 atom stereocenters. The van der Waals surface area contributed by atoms with Gasteiger partial charge in [0, 0.05) is 18.7 Å². The van der Waals surface area contributed by atoms with Crippen molar-refractivity contribution in [3.63, 3.8) is 0 Å². The van der Waals surface area contributed by atoms with Gasteiger partial charge in [-0.25, -0.2) is 0 Å². The van der Waals surface area contributed by atoms with Gasteiger partial charge < -0.3 is 0 Å². The van der Waals surface area contributed by atoms with Crippen molar-refractivity contribution < 1.29 is 0 Å². The van der Waals surface area contributed by atoms with E-state index in [9.17, 15) is 0 Å². The van der Waals surface area contributed by atoms with Crippen molar-refractivity contribution in [2.24, 2.45) is 0 Å². The third kappa shape index (κ3) is 3.29. The number of alkyl halides is 1. The molecule has 0 aliphatic rings. The maximum Gasteiger partial charge on any atom is 0.121 e. The molecule has 1 aromatic carbocycles. The number of hydrogen-bond acceptors (Lipinski definition) is 3. The summed E-state index contributed by atoms with van der Waals surface area (Å²) in [5.41, 5.74) is 1.28. The lowest BCUT2D eigenvalue weighted by Gasteiger charge is -1.94. The molecule has 1 aromatic heterocycles. The number of aryl methyl sites for hydroxylation is 1. The van der Waals surface area contributed by atoms with Crippen molar-refractivity contribution in [3.8, 4) is 0 Å². The predicted octanol–water partition coefficient (Wildman–Crippen LogP) is 3.30. The van der Waals surface area contributed by atoms with Crippen LogP contribution in [0.4, 0.5) is 0 Å². The van der Waals surface area contributed by atoms with Crippen LogP contribution in [0.5, 0.6) is 0 Å². The van der Waals surface area contributed by atoms with E-state index in [1.54, 1.807) is 11.3 Å². The van der Waals surface area contributed by atoms with Crippen LogP contribution < -0.4 is 0 Å². The molecule has 2 nitrogen and oxygen atoms in total. The zero-order chi connectivity index (χ0) is 11.2. The topological polar surface area (TPSA) is 25.8 Å². The summed E-state index contributed by atoms with van der Waals surface area (Å²) in [5, 5.41) is 10.5. The van der Waals surface area contributed by atoms with Crippen molar-refractivity contribution in [2.45, 2.75) is 19.3 Å².